The van der Waals surface area contributed by atoms with Gasteiger partial charge in [-0.15, -0.1) is 0 Å². The highest BCUT2D eigenvalue weighted by Crippen LogP contribution is 2.31. The monoisotopic (exact) mass is 344 g/mol. The molecule has 1 aromatic carbocycles. The summed E-state index contributed by atoms with van der Waals surface area (Å²) in [5.74, 6) is 0.0980. The van der Waals surface area contributed by atoms with E-state index in [0.29, 0.717) is 18.7 Å². The Morgan fingerprint density at radius 1 is 1.33 bits per heavy atom. The lowest BCUT2D eigenvalue weighted by atomic mass is 10.0. The molecule has 0 atom stereocenters. The minimum absolute atomic E-state index is 0.0372. The van der Waals surface area contributed by atoms with E-state index >= 15 is 0 Å². The molecule has 2 aromatic rings. The first-order chi connectivity index (χ1) is 11.5. The molecule has 1 aliphatic rings. The number of fused-ring (bicyclic) bond motifs is 1. The van der Waals surface area contributed by atoms with Crippen LogP contribution in [-0.4, -0.2) is 38.3 Å². The molecule has 24 heavy (non-hydrogen) atoms. The summed E-state index contributed by atoms with van der Waals surface area (Å²) < 4.78 is 26.2. The van der Waals surface area contributed by atoms with Crippen LogP contribution in [0.4, 0.5) is 5.69 Å². The number of aromatic nitrogens is 1. The number of nitrogens with one attached hydrogen (secondary N) is 1. The fourth-order valence-corrected chi connectivity index (χ4v) is 4.02. The van der Waals surface area contributed by atoms with Gasteiger partial charge >= 0.3 is 0 Å². The summed E-state index contributed by atoms with van der Waals surface area (Å²) >= 11 is 0. The maximum Gasteiger partial charge on any atom is 0.211 e. The zero-order valence-corrected chi connectivity index (χ0v) is 14.4. The van der Waals surface area contributed by atoms with E-state index in [1.54, 1.807) is 13.1 Å². The number of hydrogen-bond acceptors (Lipinski definition) is 5. The molecule has 0 amide bonds. The molecule has 1 fully saturated rings. The van der Waals surface area contributed by atoms with E-state index in [1.807, 2.05) is 24.3 Å². The van der Waals surface area contributed by atoms with Gasteiger partial charge in [0, 0.05) is 30.7 Å². The summed E-state index contributed by atoms with van der Waals surface area (Å²) in [6.45, 7) is 3.05. The van der Waals surface area contributed by atoms with E-state index in [2.05, 4.69) is 20.7 Å². The Morgan fingerprint density at radius 2 is 2.04 bits per heavy atom. The number of nitrogens with zero attached hydrogens (tertiary/aromatic N) is 3. The SMILES string of the molecule is CCS(=O)(=O)NC1CCN(c2c(C#N)cnc3ccccc23)CC1. The van der Waals surface area contributed by atoms with Crippen LogP contribution < -0.4 is 9.62 Å². The first-order valence-corrected chi connectivity index (χ1v) is 9.72. The fourth-order valence-electron chi connectivity index (χ4n) is 3.11. The second kappa shape index (κ2) is 6.75. The number of para-hydroxylation sites is 1. The number of hydrogen-bond donors (Lipinski definition) is 1. The van der Waals surface area contributed by atoms with Gasteiger partial charge in [0.15, 0.2) is 0 Å². The van der Waals surface area contributed by atoms with Gasteiger partial charge in [-0.3, -0.25) is 4.98 Å². The van der Waals surface area contributed by atoms with E-state index in [9.17, 15) is 13.7 Å². The van der Waals surface area contributed by atoms with E-state index < -0.39 is 10.0 Å². The number of pyridine rings is 1. The standard InChI is InChI=1S/C17H20N4O2S/c1-2-24(22,23)20-14-7-9-21(10-8-14)17-13(11-18)12-19-16-6-4-3-5-15(16)17/h3-6,12,14,20H,2,7-10H2,1H3. The van der Waals surface area contributed by atoms with Gasteiger partial charge in [-0.25, -0.2) is 13.1 Å². The van der Waals surface area contributed by atoms with Crippen molar-refractivity contribution >= 4 is 26.6 Å². The van der Waals surface area contributed by atoms with Crippen LogP contribution in [0.3, 0.4) is 0 Å². The van der Waals surface area contributed by atoms with Gasteiger partial charge in [-0.2, -0.15) is 5.26 Å². The van der Waals surface area contributed by atoms with Gasteiger partial charge in [0.2, 0.25) is 10.0 Å². The number of piperidine rings is 1. The minimum atomic E-state index is -3.18. The molecular weight excluding hydrogens is 324 g/mol. The largest absolute Gasteiger partial charge is 0.370 e. The number of nitriles is 1. The maximum atomic E-state index is 11.7. The van der Waals surface area contributed by atoms with E-state index in [1.165, 1.54) is 0 Å². The third-order valence-corrected chi connectivity index (χ3v) is 5.86. The zero-order valence-electron chi connectivity index (χ0n) is 13.6. The van der Waals surface area contributed by atoms with Crippen molar-refractivity contribution in [2.24, 2.45) is 0 Å². The molecular formula is C17H20N4O2S. The van der Waals surface area contributed by atoms with Crippen LogP contribution in [0.2, 0.25) is 0 Å². The fraction of sp³-hybridized carbons (Fsp3) is 0.412. The predicted octanol–water partition coefficient (Wildman–Crippen LogP) is 2.01. The van der Waals surface area contributed by atoms with Crippen LogP contribution in [-0.2, 0) is 10.0 Å². The van der Waals surface area contributed by atoms with E-state index in [4.69, 9.17) is 0 Å². The van der Waals surface area contributed by atoms with Crippen molar-refractivity contribution in [3.05, 3.63) is 36.0 Å². The molecule has 3 rings (SSSR count). The second-order valence-corrected chi connectivity index (χ2v) is 7.97. The average Bonchev–Trinajstić information content (AvgIpc) is 2.61. The molecule has 0 saturated carbocycles. The van der Waals surface area contributed by atoms with E-state index in [0.717, 1.165) is 29.4 Å². The Hall–Kier alpha value is -2.17. The van der Waals surface area contributed by atoms with Gasteiger partial charge < -0.3 is 4.90 Å². The molecule has 0 aliphatic carbocycles. The van der Waals surface area contributed by atoms with Crippen molar-refractivity contribution in [3.63, 3.8) is 0 Å². The second-order valence-electron chi connectivity index (χ2n) is 5.93. The highest BCUT2D eigenvalue weighted by molar-refractivity contribution is 7.89. The quantitative estimate of drug-likeness (QED) is 0.917. The highest BCUT2D eigenvalue weighted by Gasteiger charge is 2.25. The molecule has 1 saturated heterocycles. The molecule has 0 spiro atoms. The summed E-state index contributed by atoms with van der Waals surface area (Å²) in [5.41, 5.74) is 2.32. The van der Waals surface area contributed by atoms with Crippen molar-refractivity contribution in [1.82, 2.24) is 9.71 Å². The number of benzene rings is 1. The molecule has 6 nitrogen and oxygen atoms in total. The van der Waals surface area contributed by atoms with Gasteiger partial charge in [-0.05, 0) is 25.8 Å². The number of anilines is 1. The Morgan fingerprint density at radius 3 is 2.71 bits per heavy atom. The Kier molecular flexibility index (Phi) is 4.69. The minimum Gasteiger partial charge on any atom is -0.370 e. The maximum absolute atomic E-state index is 11.7. The highest BCUT2D eigenvalue weighted by atomic mass is 32.2. The molecule has 0 bridgehead atoms. The smallest absolute Gasteiger partial charge is 0.211 e. The van der Waals surface area contributed by atoms with Gasteiger partial charge in [-0.1, -0.05) is 18.2 Å². The van der Waals surface area contributed by atoms with E-state index in [-0.39, 0.29) is 11.8 Å². The van der Waals surface area contributed by atoms with Crippen LogP contribution >= 0.6 is 0 Å². The molecule has 1 N–H and O–H groups in total. The average molecular weight is 344 g/mol. The third kappa shape index (κ3) is 3.35. The first kappa shape index (κ1) is 16.7. The lowest BCUT2D eigenvalue weighted by Crippen LogP contribution is -2.45. The van der Waals surface area contributed by atoms with Crippen molar-refractivity contribution < 1.29 is 8.42 Å². The summed E-state index contributed by atoms with van der Waals surface area (Å²) in [4.78, 5) is 6.51. The molecule has 0 radical (unpaired) electrons. The van der Waals surface area contributed by atoms with Crippen molar-refractivity contribution in [1.29, 1.82) is 5.26 Å². The van der Waals surface area contributed by atoms with Crippen LogP contribution in [0.25, 0.3) is 10.9 Å². The van der Waals surface area contributed by atoms with Crippen molar-refractivity contribution in [2.75, 3.05) is 23.7 Å². The lowest BCUT2D eigenvalue weighted by Gasteiger charge is -2.34. The van der Waals surface area contributed by atoms with Crippen LogP contribution in [0.5, 0.6) is 0 Å². The Bertz CT molecular complexity index is 881. The number of rotatable bonds is 4. The van der Waals surface area contributed by atoms with Crippen LogP contribution in [0.15, 0.2) is 30.5 Å². The Labute approximate surface area is 142 Å². The van der Waals surface area contributed by atoms with Gasteiger partial charge in [0.05, 0.1) is 22.5 Å². The predicted molar refractivity (Wildman–Crippen MR) is 94.3 cm³/mol. The topological polar surface area (TPSA) is 86.1 Å². The normalized spacial score (nSPS) is 16.2. The third-order valence-electron chi connectivity index (χ3n) is 4.40. The van der Waals surface area contributed by atoms with Crippen LogP contribution in [0, 0.1) is 11.3 Å². The molecule has 126 valence electrons. The molecule has 1 aromatic heterocycles. The summed E-state index contributed by atoms with van der Waals surface area (Å²) in [7, 11) is -3.18. The van der Waals surface area contributed by atoms with Crippen molar-refractivity contribution in [3.8, 4) is 6.07 Å². The summed E-state index contributed by atoms with van der Waals surface area (Å²) in [6, 6.07) is 9.97. The van der Waals surface area contributed by atoms with Gasteiger partial charge in [0.25, 0.3) is 0 Å². The zero-order chi connectivity index (χ0) is 17.2. The summed E-state index contributed by atoms with van der Waals surface area (Å²) in [5, 5.41) is 10.4. The van der Waals surface area contributed by atoms with Gasteiger partial charge in [0.1, 0.15) is 6.07 Å². The molecule has 0 unspecified atom stereocenters. The summed E-state index contributed by atoms with van der Waals surface area (Å²) in [6.07, 6.45) is 3.06. The lowest BCUT2D eigenvalue weighted by molar-refractivity contribution is 0.461. The molecule has 1 aliphatic heterocycles. The molecule has 7 heteroatoms. The first-order valence-electron chi connectivity index (χ1n) is 8.07. The number of sulfonamides is 1. The Balaban J connectivity index is 1.85. The van der Waals surface area contributed by atoms with Crippen molar-refractivity contribution in [2.45, 2.75) is 25.8 Å². The molecule has 2 heterocycles. The van der Waals surface area contributed by atoms with Crippen LogP contribution in [0.1, 0.15) is 25.3 Å².